The molecule has 0 saturated heterocycles. The number of para-hydroxylation sites is 1. The average molecular weight is 230 g/mol. The van der Waals surface area contributed by atoms with Crippen molar-refractivity contribution in [1.29, 1.82) is 0 Å². The Balaban J connectivity index is 2.52. The third kappa shape index (κ3) is 1.87. The van der Waals surface area contributed by atoms with Crippen molar-refractivity contribution in [2.24, 2.45) is 10.2 Å². The van der Waals surface area contributed by atoms with Gasteiger partial charge in [-0.25, -0.2) is 0 Å². The van der Waals surface area contributed by atoms with E-state index in [4.69, 9.17) is 0 Å². The van der Waals surface area contributed by atoms with Crippen LogP contribution in [0.1, 0.15) is 12.5 Å². The maximum atomic E-state index is 11.4. The van der Waals surface area contributed by atoms with Gasteiger partial charge in [-0.3, -0.25) is 9.79 Å². The normalized spacial score (nSPS) is 14.8. The number of carbonyl (C=O) groups excluding carboxylic acids is 1. The Morgan fingerprint density at radius 2 is 2.12 bits per heavy atom. The molecule has 0 radical (unpaired) electrons. The largest absolute Gasteiger partial charge is 0.507 e. The number of carbonyl (C=O) groups is 1. The molecule has 0 saturated carbocycles. The minimum Gasteiger partial charge on any atom is -0.507 e. The molecule has 17 heavy (non-hydrogen) atoms. The van der Waals surface area contributed by atoms with Crippen molar-refractivity contribution in [3.63, 3.8) is 0 Å². The molecule has 0 aromatic heterocycles. The highest BCUT2D eigenvalue weighted by Gasteiger charge is 2.26. The first-order chi connectivity index (χ1) is 8.15. The molecule has 0 aliphatic carbocycles. The fourth-order valence-corrected chi connectivity index (χ4v) is 1.78. The third-order valence-electron chi connectivity index (χ3n) is 2.59. The summed E-state index contributed by atoms with van der Waals surface area (Å²) in [7, 11) is 0. The van der Waals surface area contributed by atoms with Gasteiger partial charge in [-0.2, -0.15) is 0 Å². The van der Waals surface area contributed by atoms with Crippen molar-refractivity contribution in [3.8, 4) is 5.75 Å². The summed E-state index contributed by atoms with van der Waals surface area (Å²) in [4.78, 5) is 25.9. The van der Waals surface area contributed by atoms with E-state index < -0.39 is 5.91 Å². The van der Waals surface area contributed by atoms with E-state index in [1.165, 1.54) is 6.07 Å². The van der Waals surface area contributed by atoms with Gasteiger partial charge in [0.05, 0.1) is 17.8 Å². The highest BCUT2D eigenvalue weighted by molar-refractivity contribution is 6.30. The van der Waals surface area contributed by atoms with E-state index in [2.05, 4.69) is 10.2 Å². The molecule has 1 amide bonds. The van der Waals surface area contributed by atoms with Gasteiger partial charge in [0.25, 0.3) is 0 Å². The van der Waals surface area contributed by atoms with E-state index in [-0.39, 0.29) is 11.3 Å². The topological polar surface area (TPSA) is 79.1 Å². The van der Waals surface area contributed by atoms with Crippen LogP contribution in [-0.4, -0.2) is 23.3 Å². The van der Waals surface area contributed by atoms with Crippen LogP contribution in [0.3, 0.4) is 0 Å². The van der Waals surface area contributed by atoms with Crippen molar-refractivity contribution in [1.82, 2.24) is 0 Å². The summed E-state index contributed by atoms with van der Waals surface area (Å²) < 4.78 is 0. The predicted octanol–water partition coefficient (Wildman–Crippen LogP) is 1.80. The second-order valence-electron chi connectivity index (χ2n) is 3.73. The molecule has 2 rings (SSSR count). The van der Waals surface area contributed by atoms with Crippen molar-refractivity contribution >= 4 is 11.6 Å². The molecule has 5 heteroatoms. The first kappa shape index (κ1) is 11.2. The van der Waals surface area contributed by atoms with Gasteiger partial charge in [-0.1, -0.05) is 12.1 Å². The lowest BCUT2D eigenvalue weighted by Crippen LogP contribution is -2.11. The number of phenolic OH excluding ortho intramolecular Hbond substituents is 1. The number of nitrogens with zero attached hydrogens (tertiary/aromatic N) is 2. The van der Waals surface area contributed by atoms with Crippen molar-refractivity contribution < 1.29 is 9.90 Å². The highest BCUT2D eigenvalue weighted by Crippen LogP contribution is 2.26. The van der Waals surface area contributed by atoms with Gasteiger partial charge in [0.2, 0.25) is 0 Å². The molecule has 0 fully saturated rings. The second-order valence-corrected chi connectivity index (χ2v) is 3.73. The Morgan fingerprint density at radius 1 is 1.41 bits per heavy atom. The van der Waals surface area contributed by atoms with Crippen molar-refractivity contribution in [2.45, 2.75) is 6.92 Å². The first-order valence-corrected chi connectivity index (χ1v) is 5.05. The average Bonchev–Trinajstić information content (AvgIpc) is 2.71. The van der Waals surface area contributed by atoms with E-state index in [0.29, 0.717) is 23.4 Å². The summed E-state index contributed by atoms with van der Waals surface area (Å²) in [6.45, 7) is 2.06. The van der Waals surface area contributed by atoms with E-state index in [0.717, 1.165) is 0 Å². The predicted molar refractivity (Wildman–Crippen MR) is 63.0 cm³/mol. The summed E-state index contributed by atoms with van der Waals surface area (Å²) in [5.74, 6) is -0.820. The molecular formula is C12H10N2O3. The zero-order valence-electron chi connectivity index (χ0n) is 9.17. The van der Waals surface area contributed by atoms with Gasteiger partial charge in [-0.15, -0.1) is 4.91 Å². The number of phenols is 1. The van der Waals surface area contributed by atoms with Gasteiger partial charge >= 0.3 is 5.91 Å². The molecule has 1 heterocycles. The molecule has 1 aromatic rings. The Hall–Kier alpha value is -2.30. The van der Waals surface area contributed by atoms with E-state index >= 15 is 0 Å². The molecule has 86 valence electrons. The van der Waals surface area contributed by atoms with Crippen LogP contribution in [-0.2, 0) is 4.79 Å². The lowest BCUT2D eigenvalue weighted by Gasteiger charge is -2.05. The van der Waals surface area contributed by atoms with Crippen molar-refractivity contribution in [3.05, 3.63) is 45.9 Å². The molecule has 1 aliphatic rings. The summed E-state index contributed by atoms with van der Waals surface area (Å²) in [5.41, 5.74) is 1.66. The molecule has 1 aromatic carbocycles. The van der Waals surface area contributed by atoms with E-state index in [9.17, 15) is 14.8 Å². The Kier molecular flexibility index (Phi) is 2.82. The number of nitroso groups, excluding NO2 is 1. The standard InChI is InChI=1S/C12H10N2O3/c1-7-6-13-11(10(7)12(16)14-17)8-4-2-3-5-9(8)15/h2-5,15H,6H2,1H3. The van der Waals surface area contributed by atoms with Crippen LogP contribution in [0.4, 0.5) is 0 Å². The number of aromatic hydroxyl groups is 1. The summed E-state index contributed by atoms with van der Waals surface area (Å²) in [6, 6.07) is 6.54. The maximum absolute atomic E-state index is 11.4. The number of hydrogen-bond acceptors (Lipinski definition) is 4. The minimum absolute atomic E-state index is 0.0251. The fraction of sp³-hybridized carbons (Fsp3) is 0.167. The van der Waals surface area contributed by atoms with Crippen LogP contribution in [0.25, 0.3) is 0 Å². The molecule has 0 bridgehead atoms. The number of rotatable bonds is 2. The first-order valence-electron chi connectivity index (χ1n) is 5.05. The molecule has 0 unspecified atom stereocenters. The lowest BCUT2D eigenvalue weighted by atomic mass is 9.99. The third-order valence-corrected chi connectivity index (χ3v) is 2.59. The van der Waals surface area contributed by atoms with Crippen LogP contribution in [0.15, 0.2) is 45.6 Å². The van der Waals surface area contributed by atoms with Gasteiger partial charge in [-0.05, 0) is 24.6 Å². The lowest BCUT2D eigenvalue weighted by molar-refractivity contribution is -0.114. The molecule has 0 spiro atoms. The van der Waals surface area contributed by atoms with Gasteiger partial charge in [0, 0.05) is 10.7 Å². The van der Waals surface area contributed by atoms with Gasteiger partial charge in [0.1, 0.15) is 5.75 Å². The molecule has 5 nitrogen and oxygen atoms in total. The van der Waals surface area contributed by atoms with Crippen molar-refractivity contribution in [2.75, 3.05) is 6.54 Å². The second kappa shape index (κ2) is 4.29. The van der Waals surface area contributed by atoms with Crippen LogP contribution in [0.2, 0.25) is 0 Å². The number of benzene rings is 1. The quantitative estimate of drug-likeness (QED) is 0.787. The Morgan fingerprint density at radius 3 is 2.76 bits per heavy atom. The molecule has 0 atom stereocenters. The van der Waals surface area contributed by atoms with Crippen LogP contribution < -0.4 is 0 Å². The van der Waals surface area contributed by atoms with Gasteiger partial charge < -0.3 is 5.11 Å². The molecular weight excluding hydrogens is 220 g/mol. The Bertz CT molecular complexity index is 559. The van der Waals surface area contributed by atoms with Crippen LogP contribution in [0, 0.1) is 4.91 Å². The fourth-order valence-electron chi connectivity index (χ4n) is 1.78. The number of aliphatic imine (C=N–C) groups is 1. The molecule has 1 aliphatic heterocycles. The van der Waals surface area contributed by atoms with E-state index in [1.54, 1.807) is 25.1 Å². The number of hydrogen-bond donors (Lipinski definition) is 1. The highest BCUT2D eigenvalue weighted by atomic mass is 16.3. The SMILES string of the molecule is CC1=C(C(=O)N=O)C(c2ccccc2O)=NC1. The zero-order valence-corrected chi connectivity index (χ0v) is 9.17. The summed E-state index contributed by atoms with van der Waals surface area (Å²) in [5, 5.41) is 12.1. The van der Waals surface area contributed by atoms with Crippen LogP contribution in [0.5, 0.6) is 5.75 Å². The number of amides is 1. The molecule has 1 N–H and O–H groups in total. The minimum atomic E-state index is -0.845. The van der Waals surface area contributed by atoms with Gasteiger partial charge in [0.15, 0.2) is 0 Å². The maximum Gasteiger partial charge on any atom is 0.318 e. The summed E-state index contributed by atoms with van der Waals surface area (Å²) in [6.07, 6.45) is 0. The zero-order chi connectivity index (χ0) is 12.4. The Labute approximate surface area is 97.5 Å². The van der Waals surface area contributed by atoms with Crippen LogP contribution >= 0.6 is 0 Å². The van der Waals surface area contributed by atoms with E-state index in [1.807, 2.05) is 0 Å². The smallest absolute Gasteiger partial charge is 0.318 e. The summed E-state index contributed by atoms with van der Waals surface area (Å²) >= 11 is 0. The monoisotopic (exact) mass is 230 g/mol.